The number of nitrogens with one attached hydrogen (secondary N) is 1. The van der Waals surface area contributed by atoms with E-state index >= 15 is 0 Å². The van der Waals surface area contributed by atoms with Gasteiger partial charge in [-0.2, -0.15) is 0 Å². The first-order valence-corrected chi connectivity index (χ1v) is 6.41. The first-order chi connectivity index (χ1) is 9.65. The van der Waals surface area contributed by atoms with Crippen LogP contribution in [0.3, 0.4) is 0 Å². The number of carbonyl (C=O) groups is 2. The van der Waals surface area contributed by atoms with Crippen LogP contribution in [0.15, 0.2) is 43.0 Å². The molecular formula is C15H19NO4. The van der Waals surface area contributed by atoms with Gasteiger partial charge in [-0.15, -0.1) is 6.58 Å². The molecule has 1 unspecified atom stereocenters. The molecule has 20 heavy (non-hydrogen) atoms. The Hall–Kier alpha value is -2.14. The van der Waals surface area contributed by atoms with Gasteiger partial charge in [0.15, 0.2) is 6.04 Å². The molecule has 1 aromatic rings. The van der Waals surface area contributed by atoms with E-state index in [9.17, 15) is 9.59 Å². The van der Waals surface area contributed by atoms with Crippen LogP contribution in [0.1, 0.15) is 24.4 Å². The second kappa shape index (κ2) is 8.87. The maximum atomic E-state index is 11.7. The van der Waals surface area contributed by atoms with Crippen molar-refractivity contribution in [2.75, 3.05) is 13.2 Å². The van der Waals surface area contributed by atoms with Gasteiger partial charge in [0, 0.05) is 13.0 Å². The summed E-state index contributed by atoms with van der Waals surface area (Å²) in [6.07, 6.45) is 2.41. The minimum atomic E-state index is -1.08. The fraction of sp³-hybridized carbons (Fsp3) is 0.333. The van der Waals surface area contributed by atoms with Gasteiger partial charge in [0.25, 0.3) is 0 Å². The molecule has 108 valence electrons. The van der Waals surface area contributed by atoms with E-state index in [0.29, 0.717) is 25.2 Å². The quantitative estimate of drug-likeness (QED) is 0.534. The zero-order valence-corrected chi connectivity index (χ0v) is 11.2. The summed E-state index contributed by atoms with van der Waals surface area (Å²) in [7, 11) is 0. The highest BCUT2D eigenvalue weighted by Gasteiger charge is 2.21. The third-order valence-corrected chi connectivity index (χ3v) is 2.61. The molecular weight excluding hydrogens is 258 g/mol. The molecule has 0 bridgehead atoms. The molecule has 0 saturated carbocycles. The molecule has 0 aliphatic heterocycles. The Bertz CT molecular complexity index is 444. The molecule has 0 heterocycles. The van der Waals surface area contributed by atoms with Crippen molar-refractivity contribution in [3.63, 3.8) is 0 Å². The highest BCUT2D eigenvalue weighted by atomic mass is 16.5. The van der Waals surface area contributed by atoms with Gasteiger partial charge in [0.05, 0.1) is 6.61 Å². The third kappa shape index (κ3) is 5.67. The van der Waals surface area contributed by atoms with E-state index in [1.165, 1.54) is 0 Å². The first kappa shape index (κ1) is 15.9. The van der Waals surface area contributed by atoms with Crippen LogP contribution >= 0.6 is 0 Å². The first-order valence-electron chi connectivity index (χ1n) is 6.41. The average molecular weight is 277 g/mol. The van der Waals surface area contributed by atoms with E-state index in [0.717, 1.165) is 0 Å². The summed E-state index contributed by atoms with van der Waals surface area (Å²) in [6.45, 7) is 4.41. The van der Waals surface area contributed by atoms with Gasteiger partial charge in [0.2, 0.25) is 5.91 Å². The number of aliphatic carboxylic acids is 1. The maximum Gasteiger partial charge on any atom is 0.330 e. The Morgan fingerprint density at radius 1 is 1.35 bits per heavy atom. The van der Waals surface area contributed by atoms with E-state index in [1.807, 2.05) is 0 Å². The lowest BCUT2D eigenvalue weighted by Crippen LogP contribution is -2.33. The molecule has 0 fully saturated rings. The summed E-state index contributed by atoms with van der Waals surface area (Å²) >= 11 is 0. The van der Waals surface area contributed by atoms with Gasteiger partial charge in [-0.05, 0) is 12.0 Å². The lowest BCUT2D eigenvalue weighted by molar-refractivity contribution is -0.142. The van der Waals surface area contributed by atoms with Crippen molar-refractivity contribution in [1.29, 1.82) is 0 Å². The molecule has 1 aromatic carbocycles. The summed E-state index contributed by atoms with van der Waals surface area (Å²) in [5, 5.41) is 11.7. The van der Waals surface area contributed by atoms with Gasteiger partial charge in [-0.1, -0.05) is 36.4 Å². The van der Waals surface area contributed by atoms with Gasteiger partial charge in [-0.25, -0.2) is 4.79 Å². The zero-order valence-electron chi connectivity index (χ0n) is 11.2. The monoisotopic (exact) mass is 277 g/mol. The molecule has 0 spiro atoms. The van der Waals surface area contributed by atoms with Crippen molar-refractivity contribution in [2.45, 2.75) is 18.9 Å². The number of hydrogen-bond acceptors (Lipinski definition) is 3. The van der Waals surface area contributed by atoms with Gasteiger partial charge in [0.1, 0.15) is 0 Å². The van der Waals surface area contributed by atoms with E-state index in [1.54, 1.807) is 36.4 Å². The highest BCUT2D eigenvalue weighted by Crippen LogP contribution is 2.12. The van der Waals surface area contributed by atoms with Crippen LogP contribution in [0.4, 0.5) is 0 Å². The molecule has 1 amide bonds. The molecule has 5 nitrogen and oxygen atoms in total. The molecule has 1 rings (SSSR count). The van der Waals surface area contributed by atoms with Crippen LogP contribution < -0.4 is 5.32 Å². The molecule has 0 radical (unpaired) electrons. The minimum absolute atomic E-state index is 0.230. The van der Waals surface area contributed by atoms with Crippen molar-refractivity contribution < 1.29 is 19.4 Å². The van der Waals surface area contributed by atoms with Gasteiger partial charge in [-0.3, -0.25) is 4.79 Å². The Morgan fingerprint density at radius 3 is 2.65 bits per heavy atom. The van der Waals surface area contributed by atoms with E-state index in [-0.39, 0.29) is 12.3 Å². The summed E-state index contributed by atoms with van der Waals surface area (Å²) in [5.74, 6) is -1.38. The zero-order chi connectivity index (χ0) is 14.8. The summed E-state index contributed by atoms with van der Waals surface area (Å²) in [6, 6.07) is 7.60. The van der Waals surface area contributed by atoms with E-state index < -0.39 is 12.0 Å². The van der Waals surface area contributed by atoms with Crippen molar-refractivity contribution in [3.8, 4) is 0 Å². The molecule has 0 aliphatic carbocycles. The second-order valence-electron chi connectivity index (χ2n) is 4.22. The normalized spacial score (nSPS) is 11.6. The van der Waals surface area contributed by atoms with Crippen molar-refractivity contribution in [2.24, 2.45) is 0 Å². The molecule has 2 N–H and O–H groups in total. The van der Waals surface area contributed by atoms with Crippen LogP contribution in [0, 0.1) is 0 Å². The predicted octanol–water partition coefficient (Wildman–Crippen LogP) is 1.91. The van der Waals surface area contributed by atoms with E-state index in [2.05, 4.69) is 11.9 Å². The van der Waals surface area contributed by atoms with Crippen molar-refractivity contribution >= 4 is 11.9 Å². The SMILES string of the molecule is C=CCOCCCC(=O)NC(C(=O)O)c1ccccc1. The number of rotatable bonds is 9. The largest absolute Gasteiger partial charge is 0.479 e. The summed E-state index contributed by atoms with van der Waals surface area (Å²) in [5.41, 5.74) is 0.552. The topological polar surface area (TPSA) is 75.6 Å². The number of benzene rings is 1. The fourth-order valence-corrected chi connectivity index (χ4v) is 1.67. The standard InChI is InChI=1S/C15H19NO4/c1-2-10-20-11-6-9-13(17)16-14(15(18)19)12-7-4-3-5-8-12/h2-5,7-8,14H,1,6,9-11H2,(H,16,17)(H,18,19). The summed E-state index contributed by atoms with van der Waals surface area (Å²) in [4.78, 5) is 22.9. The number of hydrogen-bond donors (Lipinski definition) is 2. The molecule has 0 saturated heterocycles. The van der Waals surface area contributed by atoms with Crippen LogP contribution in [0.2, 0.25) is 0 Å². The molecule has 1 atom stereocenters. The predicted molar refractivity (Wildman–Crippen MR) is 75.2 cm³/mol. The minimum Gasteiger partial charge on any atom is -0.479 e. The number of carboxylic acids is 1. The van der Waals surface area contributed by atoms with Crippen LogP contribution in [0.25, 0.3) is 0 Å². The second-order valence-corrected chi connectivity index (χ2v) is 4.22. The number of carboxylic acid groups (broad SMARTS) is 1. The lowest BCUT2D eigenvalue weighted by Gasteiger charge is -2.14. The molecule has 0 aliphatic rings. The Balaban J connectivity index is 2.44. The third-order valence-electron chi connectivity index (χ3n) is 2.61. The molecule has 5 heteroatoms. The fourth-order valence-electron chi connectivity index (χ4n) is 1.67. The maximum absolute atomic E-state index is 11.7. The Morgan fingerprint density at radius 2 is 2.05 bits per heavy atom. The Labute approximate surface area is 118 Å². The van der Waals surface area contributed by atoms with Gasteiger partial charge < -0.3 is 15.2 Å². The lowest BCUT2D eigenvalue weighted by atomic mass is 10.1. The molecule has 0 aromatic heterocycles. The van der Waals surface area contributed by atoms with E-state index in [4.69, 9.17) is 9.84 Å². The van der Waals surface area contributed by atoms with Crippen LogP contribution in [-0.2, 0) is 14.3 Å². The van der Waals surface area contributed by atoms with Crippen LogP contribution in [0.5, 0.6) is 0 Å². The Kier molecular flexibility index (Phi) is 7.06. The number of ether oxygens (including phenoxy) is 1. The average Bonchev–Trinajstić information content (AvgIpc) is 2.45. The number of carbonyl (C=O) groups excluding carboxylic acids is 1. The van der Waals surface area contributed by atoms with Crippen molar-refractivity contribution in [3.05, 3.63) is 48.6 Å². The number of amides is 1. The van der Waals surface area contributed by atoms with Crippen molar-refractivity contribution in [1.82, 2.24) is 5.32 Å². The van der Waals surface area contributed by atoms with Gasteiger partial charge >= 0.3 is 5.97 Å². The summed E-state index contributed by atoms with van der Waals surface area (Å²) < 4.78 is 5.16. The smallest absolute Gasteiger partial charge is 0.330 e. The highest BCUT2D eigenvalue weighted by molar-refractivity contribution is 5.84. The van der Waals surface area contributed by atoms with Crippen LogP contribution in [-0.4, -0.2) is 30.2 Å².